The Morgan fingerprint density at radius 2 is 1.86 bits per heavy atom. The van der Waals surface area contributed by atoms with Gasteiger partial charge in [-0.15, -0.1) is 16.8 Å². The lowest BCUT2D eigenvalue weighted by atomic mass is 9.98. The molecule has 1 N–H and O–H groups in total. The molecular formula is C22H24N4O2S. The maximum Gasteiger partial charge on any atom is 0.231 e. The number of nitrogens with one attached hydrogen (secondary N) is 1. The van der Waals surface area contributed by atoms with E-state index in [9.17, 15) is 4.79 Å². The van der Waals surface area contributed by atoms with E-state index in [-0.39, 0.29) is 17.7 Å². The number of ether oxygens (including phenoxy) is 1. The van der Waals surface area contributed by atoms with E-state index in [0.29, 0.717) is 11.7 Å². The van der Waals surface area contributed by atoms with Crippen LogP contribution in [0.15, 0.2) is 72.4 Å². The number of carbonyl (C=O) groups excluding carboxylic acids is 1. The molecular weight excluding hydrogens is 384 g/mol. The van der Waals surface area contributed by atoms with Gasteiger partial charge < -0.3 is 14.6 Å². The van der Waals surface area contributed by atoms with Crippen LogP contribution in [0.3, 0.4) is 0 Å². The Hall–Kier alpha value is -3.06. The first-order valence-electron chi connectivity index (χ1n) is 9.24. The van der Waals surface area contributed by atoms with Crippen LogP contribution in [0.25, 0.3) is 0 Å². The topological polar surface area (TPSA) is 69.0 Å². The Morgan fingerprint density at radius 3 is 2.52 bits per heavy atom. The van der Waals surface area contributed by atoms with E-state index in [4.69, 9.17) is 4.74 Å². The molecule has 0 radical (unpaired) electrons. The summed E-state index contributed by atoms with van der Waals surface area (Å²) in [6.07, 6.45) is 1.79. The number of hydrogen-bond acceptors (Lipinski definition) is 5. The van der Waals surface area contributed by atoms with Crippen LogP contribution in [0.4, 0.5) is 0 Å². The number of carbonyl (C=O) groups is 1. The third kappa shape index (κ3) is 5.26. The fourth-order valence-corrected chi connectivity index (χ4v) is 3.75. The summed E-state index contributed by atoms with van der Waals surface area (Å²) < 4.78 is 7.18. The zero-order chi connectivity index (χ0) is 20.6. The molecule has 3 rings (SSSR count). The SMILES string of the molecule is C=CCn1c(C)nnc1SCC(=O)N[C@H](c1ccccc1)c1ccc(OC)cc1. The third-order valence-electron chi connectivity index (χ3n) is 4.43. The van der Waals surface area contributed by atoms with Crippen LogP contribution >= 0.6 is 11.8 Å². The summed E-state index contributed by atoms with van der Waals surface area (Å²) >= 11 is 1.36. The molecule has 1 amide bonds. The molecule has 0 saturated carbocycles. The van der Waals surface area contributed by atoms with Gasteiger partial charge in [0.15, 0.2) is 5.16 Å². The van der Waals surface area contributed by atoms with Crippen molar-refractivity contribution in [2.24, 2.45) is 0 Å². The van der Waals surface area contributed by atoms with Gasteiger partial charge in [-0.1, -0.05) is 60.3 Å². The van der Waals surface area contributed by atoms with Crippen LogP contribution in [0.1, 0.15) is 23.0 Å². The van der Waals surface area contributed by atoms with Gasteiger partial charge in [-0.05, 0) is 30.2 Å². The number of aryl methyl sites for hydroxylation is 1. The fourth-order valence-electron chi connectivity index (χ4n) is 2.94. The summed E-state index contributed by atoms with van der Waals surface area (Å²) in [4.78, 5) is 12.7. The second kappa shape index (κ2) is 9.93. The maximum atomic E-state index is 12.7. The zero-order valence-electron chi connectivity index (χ0n) is 16.5. The van der Waals surface area contributed by atoms with E-state index < -0.39 is 0 Å². The Morgan fingerprint density at radius 1 is 1.17 bits per heavy atom. The number of benzene rings is 2. The van der Waals surface area contributed by atoms with Crippen molar-refractivity contribution in [1.29, 1.82) is 0 Å². The second-order valence-corrected chi connectivity index (χ2v) is 7.34. The van der Waals surface area contributed by atoms with Crippen molar-refractivity contribution in [3.63, 3.8) is 0 Å². The molecule has 150 valence electrons. The molecule has 0 aliphatic carbocycles. The van der Waals surface area contributed by atoms with Gasteiger partial charge in [0, 0.05) is 6.54 Å². The number of amides is 1. The highest BCUT2D eigenvalue weighted by Gasteiger charge is 2.18. The minimum atomic E-state index is -0.247. The summed E-state index contributed by atoms with van der Waals surface area (Å²) in [5.41, 5.74) is 2.00. The van der Waals surface area contributed by atoms with E-state index in [1.165, 1.54) is 11.8 Å². The Kier molecular flexibility index (Phi) is 7.08. The molecule has 1 heterocycles. The number of methoxy groups -OCH3 is 1. The van der Waals surface area contributed by atoms with Crippen LogP contribution < -0.4 is 10.1 Å². The lowest BCUT2D eigenvalue weighted by Gasteiger charge is -2.20. The summed E-state index contributed by atoms with van der Waals surface area (Å²) in [5, 5.41) is 12.1. The van der Waals surface area contributed by atoms with Gasteiger partial charge in [0.25, 0.3) is 0 Å². The molecule has 7 heteroatoms. The molecule has 1 atom stereocenters. The Balaban J connectivity index is 1.73. The number of thioether (sulfide) groups is 1. The van der Waals surface area contributed by atoms with E-state index in [1.54, 1.807) is 13.2 Å². The van der Waals surface area contributed by atoms with Gasteiger partial charge >= 0.3 is 0 Å². The molecule has 0 bridgehead atoms. The van der Waals surface area contributed by atoms with Crippen molar-refractivity contribution in [1.82, 2.24) is 20.1 Å². The fraction of sp³-hybridized carbons (Fsp3) is 0.227. The molecule has 0 fully saturated rings. The van der Waals surface area contributed by atoms with Crippen LogP contribution in [0.5, 0.6) is 5.75 Å². The quantitative estimate of drug-likeness (QED) is 0.431. The Bertz CT molecular complexity index is 955. The van der Waals surface area contributed by atoms with Crippen LogP contribution in [-0.2, 0) is 11.3 Å². The zero-order valence-corrected chi connectivity index (χ0v) is 17.4. The Labute approximate surface area is 175 Å². The summed E-state index contributed by atoms with van der Waals surface area (Å²) in [6, 6.07) is 17.4. The van der Waals surface area contributed by atoms with Gasteiger partial charge in [0.1, 0.15) is 11.6 Å². The van der Waals surface area contributed by atoms with Crippen molar-refractivity contribution < 1.29 is 9.53 Å². The molecule has 0 saturated heterocycles. The van der Waals surface area contributed by atoms with E-state index in [2.05, 4.69) is 22.1 Å². The maximum absolute atomic E-state index is 12.7. The smallest absolute Gasteiger partial charge is 0.231 e. The van der Waals surface area contributed by atoms with E-state index >= 15 is 0 Å². The predicted molar refractivity (Wildman–Crippen MR) is 115 cm³/mol. The highest BCUT2D eigenvalue weighted by Crippen LogP contribution is 2.25. The first kappa shape index (κ1) is 20.7. The summed E-state index contributed by atoms with van der Waals surface area (Å²) in [7, 11) is 1.63. The highest BCUT2D eigenvalue weighted by molar-refractivity contribution is 7.99. The standard InChI is InChI=1S/C22H24N4O2S/c1-4-14-26-16(2)24-25-22(26)29-15-20(27)23-21(17-8-6-5-7-9-17)18-10-12-19(28-3)13-11-18/h4-13,21H,1,14-15H2,2-3H3,(H,23,27)/t21-/m1/s1. The van der Waals surface area contributed by atoms with Gasteiger partial charge in [-0.3, -0.25) is 4.79 Å². The summed E-state index contributed by atoms with van der Waals surface area (Å²) in [5.74, 6) is 1.74. The van der Waals surface area contributed by atoms with Crippen molar-refractivity contribution in [2.45, 2.75) is 24.7 Å². The molecule has 29 heavy (non-hydrogen) atoms. The largest absolute Gasteiger partial charge is 0.497 e. The number of hydrogen-bond donors (Lipinski definition) is 1. The van der Waals surface area contributed by atoms with Crippen molar-refractivity contribution in [3.05, 3.63) is 84.2 Å². The van der Waals surface area contributed by atoms with Gasteiger partial charge in [-0.25, -0.2) is 0 Å². The van der Waals surface area contributed by atoms with Gasteiger partial charge in [0.05, 0.1) is 18.9 Å². The molecule has 0 unspecified atom stereocenters. The van der Waals surface area contributed by atoms with Crippen molar-refractivity contribution >= 4 is 17.7 Å². The number of rotatable bonds is 9. The summed E-state index contributed by atoms with van der Waals surface area (Å²) in [6.45, 7) is 6.26. The minimum absolute atomic E-state index is 0.0783. The molecule has 0 aliphatic heterocycles. The molecule has 3 aromatic rings. The normalized spacial score (nSPS) is 11.7. The van der Waals surface area contributed by atoms with Crippen LogP contribution in [0, 0.1) is 6.92 Å². The second-order valence-electron chi connectivity index (χ2n) is 6.40. The van der Waals surface area contributed by atoms with Gasteiger partial charge in [0.2, 0.25) is 5.91 Å². The van der Waals surface area contributed by atoms with Crippen LogP contribution in [-0.4, -0.2) is 33.5 Å². The molecule has 2 aromatic carbocycles. The third-order valence-corrected chi connectivity index (χ3v) is 5.40. The van der Waals surface area contributed by atoms with Gasteiger partial charge in [-0.2, -0.15) is 0 Å². The average molecular weight is 409 g/mol. The molecule has 0 aliphatic rings. The van der Waals surface area contributed by atoms with E-state index in [1.807, 2.05) is 66.1 Å². The van der Waals surface area contributed by atoms with Crippen LogP contribution in [0.2, 0.25) is 0 Å². The first-order valence-corrected chi connectivity index (χ1v) is 10.2. The predicted octanol–water partition coefficient (Wildman–Crippen LogP) is 3.78. The van der Waals surface area contributed by atoms with Crippen molar-refractivity contribution in [2.75, 3.05) is 12.9 Å². The average Bonchev–Trinajstić information content (AvgIpc) is 3.11. The lowest BCUT2D eigenvalue weighted by molar-refractivity contribution is -0.119. The lowest BCUT2D eigenvalue weighted by Crippen LogP contribution is -2.30. The molecule has 0 spiro atoms. The highest BCUT2D eigenvalue weighted by atomic mass is 32.2. The number of nitrogens with zero attached hydrogens (tertiary/aromatic N) is 3. The minimum Gasteiger partial charge on any atom is -0.497 e. The molecule has 6 nitrogen and oxygen atoms in total. The monoisotopic (exact) mass is 408 g/mol. The first-order chi connectivity index (χ1) is 14.1. The number of allylic oxidation sites excluding steroid dienone is 1. The van der Waals surface area contributed by atoms with Crippen molar-refractivity contribution in [3.8, 4) is 5.75 Å². The number of aromatic nitrogens is 3. The van der Waals surface area contributed by atoms with E-state index in [0.717, 1.165) is 22.7 Å². The molecule has 1 aromatic heterocycles.